The number of rotatable bonds is 14. The van der Waals surface area contributed by atoms with E-state index in [1.807, 2.05) is 18.2 Å². The fourth-order valence-electron chi connectivity index (χ4n) is 7.58. The fourth-order valence-corrected chi connectivity index (χ4v) is 9.32. The SMILES string of the molecule is CCN([C@H]1CC[C@H](C(=O)[O-])CC1)S(=O)(=O)c1cccc(C(=O)Nc2ccc(N3CCCCC3)cc2C(=O)Nc2ccc(CCc3ccc(C(=O)[O-])cc3)cc2)c1.O.O.O.[Na+].[Na+]. The number of hydrogen-bond acceptors (Lipinski definition) is 9. The van der Waals surface area contributed by atoms with Gasteiger partial charge in [0.2, 0.25) is 10.0 Å². The van der Waals surface area contributed by atoms with Gasteiger partial charge >= 0.3 is 59.1 Å². The molecule has 1 heterocycles. The number of aromatic carboxylic acids is 1. The van der Waals surface area contributed by atoms with E-state index in [1.54, 1.807) is 43.3 Å². The number of carboxylic acid groups (broad SMARTS) is 2. The van der Waals surface area contributed by atoms with Gasteiger partial charge in [0.1, 0.15) is 0 Å². The molecule has 0 spiro atoms. The summed E-state index contributed by atoms with van der Waals surface area (Å²) in [7, 11) is -4.02. The Hall–Kier alpha value is -3.65. The van der Waals surface area contributed by atoms with Crippen molar-refractivity contribution in [3.63, 3.8) is 0 Å². The first kappa shape index (κ1) is 55.4. The predicted molar refractivity (Wildman–Crippen MR) is 221 cm³/mol. The quantitative estimate of drug-likeness (QED) is 0.117. The standard InChI is InChI=1S/C43H48N4O8S.2Na.3H2O/c1-2-47(35-21-17-32(18-22-35)43(52)53)56(54,55)37-8-6-7-33(27-37)40(48)45-39-24-23-36(46-25-4-3-5-26-46)28-38(39)41(49)44-34-19-13-30(14-20-34)10-9-29-11-15-31(16-12-29)42(50)51;;;;;/h6-8,11-16,19-20,23-24,27-28,32,35H,2-5,9-10,17-18,21-22,25-26H2,1H3,(H,44,49)(H,45,48)(H,50,51)(H,52,53);;;3*1H2/q;2*+1;;;/p-2/t32-,35-;;;;;. The zero-order chi connectivity index (χ0) is 39.8. The summed E-state index contributed by atoms with van der Waals surface area (Å²) < 4.78 is 29.1. The number of sulfonamides is 1. The first-order valence-corrected chi connectivity index (χ1v) is 20.6. The molecular weight excluding hydrogens is 827 g/mol. The molecule has 2 amide bonds. The van der Waals surface area contributed by atoms with Crippen LogP contribution in [-0.4, -0.2) is 78.6 Å². The minimum absolute atomic E-state index is 0. The summed E-state index contributed by atoms with van der Waals surface area (Å²) in [6.07, 6.45) is 6.09. The van der Waals surface area contributed by atoms with Gasteiger partial charge in [0, 0.05) is 48.6 Å². The molecule has 0 bridgehead atoms. The molecule has 0 unspecified atom stereocenters. The van der Waals surface area contributed by atoms with Crippen LogP contribution >= 0.6 is 0 Å². The van der Waals surface area contributed by atoms with E-state index >= 15 is 0 Å². The molecule has 1 saturated heterocycles. The molecule has 2 aliphatic rings. The third-order valence-corrected chi connectivity index (χ3v) is 12.8. The Morgan fingerprint density at radius 2 is 1.30 bits per heavy atom. The summed E-state index contributed by atoms with van der Waals surface area (Å²) in [5.74, 6) is -3.93. The van der Waals surface area contributed by atoms with Crippen LogP contribution in [0.15, 0.2) is 95.9 Å². The minimum atomic E-state index is -4.02. The van der Waals surface area contributed by atoms with Crippen LogP contribution in [0.2, 0.25) is 0 Å². The number of piperidine rings is 1. The number of amides is 2. The summed E-state index contributed by atoms with van der Waals surface area (Å²) in [5, 5.41) is 28.2. The van der Waals surface area contributed by atoms with Gasteiger partial charge < -0.3 is 51.8 Å². The maximum atomic E-state index is 13.9. The minimum Gasteiger partial charge on any atom is -0.550 e. The van der Waals surface area contributed by atoms with E-state index in [0.717, 1.165) is 49.2 Å². The first-order chi connectivity index (χ1) is 26.9. The molecular formula is C43H52N4Na2O11S. The number of aliphatic carboxylic acids is 1. The van der Waals surface area contributed by atoms with Crippen LogP contribution in [-0.2, 0) is 27.7 Å². The maximum Gasteiger partial charge on any atom is 1.00 e. The molecule has 0 aromatic heterocycles. The second kappa shape index (κ2) is 25.5. The van der Waals surface area contributed by atoms with E-state index < -0.39 is 39.7 Å². The molecule has 1 aliphatic carbocycles. The number of aryl methyl sites for hydroxylation is 2. The van der Waals surface area contributed by atoms with Gasteiger partial charge in [0.15, 0.2) is 0 Å². The van der Waals surface area contributed by atoms with Crippen LogP contribution in [0.3, 0.4) is 0 Å². The molecule has 61 heavy (non-hydrogen) atoms. The number of carboxylic acids is 2. The van der Waals surface area contributed by atoms with E-state index in [0.29, 0.717) is 44.2 Å². The van der Waals surface area contributed by atoms with Crippen LogP contribution in [0.1, 0.15) is 94.1 Å². The average molecular weight is 879 g/mol. The molecule has 18 heteroatoms. The van der Waals surface area contributed by atoms with Crippen molar-refractivity contribution in [1.29, 1.82) is 0 Å². The number of carbonyl (C=O) groups is 4. The van der Waals surface area contributed by atoms with Crippen LogP contribution < -0.4 is 84.9 Å². The topological polar surface area (TPSA) is 274 Å². The Balaban J connectivity index is 0.00000372. The first-order valence-electron chi connectivity index (χ1n) is 19.2. The smallest absolute Gasteiger partial charge is 0.550 e. The molecule has 318 valence electrons. The molecule has 1 saturated carbocycles. The molecule has 2 fully saturated rings. The van der Waals surface area contributed by atoms with Gasteiger partial charge in [-0.15, -0.1) is 0 Å². The summed E-state index contributed by atoms with van der Waals surface area (Å²) in [5.41, 5.74) is 4.18. The van der Waals surface area contributed by atoms with Crippen molar-refractivity contribution in [2.24, 2.45) is 5.92 Å². The third kappa shape index (κ3) is 14.2. The second-order valence-electron chi connectivity index (χ2n) is 14.4. The Morgan fingerprint density at radius 1 is 0.705 bits per heavy atom. The number of nitrogens with one attached hydrogen (secondary N) is 2. The zero-order valence-electron chi connectivity index (χ0n) is 34.9. The van der Waals surface area contributed by atoms with E-state index in [9.17, 15) is 37.8 Å². The average Bonchev–Trinajstić information content (AvgIpc) is 3.21. The van der Waals surface area contributed by atoms with Gasteiger partial charge in [0.05, 0.1) is 22.1 Å². The largest absolute Gasteiger partial charge is 1.00 e. The Bertz CT molecular complexity index is 2180. The van der Waals surface area contributed by atoms with Crippen molar-refractivity contribution in [1.82, 2.24) is 4.31 Å². The molecule has 1 aliphatic heterocycles. The van der Waals surface area contributed by atoms with Crippen molar-refractivity contribution in [2.45, 2.75) is 75.6 Å². The molecule has 4 aromatic carbocycles. The van der Waals surface area contributed by atoms with Crippen LogP contribution in [0.4, 0.5) is 17.1 Å². The molecule has 4 aromatic rings. The molecule has 15 nitrogen and oxygen atoms in total. The number of nitrogens with zero attached hydrogens (tertiary/aromatic N) is 2. The van der Waals surface area contributed by atoms with E-state index in [1.165, 1.54) is 40.7 Å². The van der Waals surface area contributed by atoms with Crippen molar-refractivity contribution in [3.8, 4) is 0 Å². The Kier molecular flexibility index (Phi) is 23.1. The van der Waals surface area contributed by atoms with Crippen LogP contribution in [0.25, 0.3) is 0 Å². The van der Waals surface area contributed by atoms with E-state index in [2.05, 4.69) is 15.5 Å². The van der Waals surface area contributed by atoms with Crippen molar-refractivity contribution in [3.05, 3.63) is 119 Å². The number of carbonyl (C=O) groups excluding carboxylic acids is 4. The summed E-state index contributed by atoms with van der Waals surface area (Å²) in [6.45, 7) is 3.62. The fraction of sp³-hybridized carbons (Fsp3) is 0.349. The van der Waals surface area contributed by atoms with Crippen molar-refractivity contribution >= 4 is 50.8 Å². The maximum absolute atomic E-state index is 13.9. The number of benzene rings is 4. The number of anilines is 3. The third-order valence-electron chi connectivity index (χ3n) is 10.8. The van der Waals surface area contributed by atoms with Crippen molar-refractivity contribution < 1.29 is 113 Å². The van der Waals surface area contributed by atoms with Gasteiger partial charge in [0.25, 0.3) is 11.8 Å². The monoisotopic (exact) mass is 878 g/mol. The van der Waals surface area contributed by atoms with Crippen LogP contribution in [0.5, 0.6) is 0 Å². The predicted octanol–water partition coefficient (Wildman–Crippen LogP) is -3.82. The molecule has 6 rings (SSSR count). The number of hydrogen-bond donors (Lipinski definition) is 2. The summed E-state index contributed by atoms with van der Waals surface area (Å²) >= 11 is 0. The van der Waals surface area contributed by atoms with E-state index in [4.69, 9.17) is 0 Å². The van der Waals surface area contributed by atoms with Gasteiger partial charge in [-0.1, -0.05) is 49.4 Å². The normalized spacial score (nSPS) is 15.9. The van der Waals surface area contributed by atoms with E-state index in [-0.39, 0.29) is 115 Å². The van der Waals surface area contributed by atoms with Gasteiger partial charge in [-0.2, -0.15) is 4.31 Å². The van der Waals surface area contributed by atoms with Gasteiger partial charge in [-0.05, 0) is 129 Å². The van der Waals surface area contributed by atoms with Gasteiger partial charge in [-0.3, -0.25) is 9.59 Å². The van der Waals surface area contributed by atoms with Crippen LogP contribution in [0, 0.1) is 5.92 Å². The van der Waals surface area contributed by atoms with Crippen molar-refractivity contribution in [2.75, 3.05) is 35.2 Å². The molecule has 0 radical (unpaired) electrons. The Labute approximate surface area is 400 Å². The zero-order valence-corrected chi connectivity index (χ0v) is 39.7. The summed E-state index contributed by atoms with van der Waals surface area (Å²) in [4.78, 5) is 52.2. The Morgan fingerprint density at radius 3 is 1.85 bits per heavy atom. The molecule has 0 atom stereocenters. The second-order valence-corrected chi connectivity index (χ2v) is 16.3. The van der Waals surface area contributed by atoms with Gasteiger partial charge in [-0.25, -0.2) is 8.42 Å². The molecule has 8 N–H and O–H groups in total. The summed E-state index contributed by atoms with van der Waals surface area (Å²) in [6, 6.07) is 24.8.